The van der Waals surface area contributed by atoms with Gasteiger partial charge in [-0.1, -0.05) is 161 Å². The van der Waals surface area contributed by atoms with Gasteiger partial charge in [0, 0.05) is 86.8 Å². The molecule has 0 atom stereocenters. The second-order valence-electron chi connectivity index (χ2n) is 23.2. The molecule has 0 radical (unpaired) electrons. The number of nitrogens with zero attached hydrogens (tertiary/aromatic N) is 4. The van der Waals surface area contributed by atoms with E-state index in [4.69, 9.17) is 0 Å². The van der Waals surface area contributed by atoms with Gasteiger partial charge in [-0.05, 0) is 117 Å². The maximum absolute atomic E-state index is 2.60. The second kappa shape index (κ2) is 13.1. The lowest BCUT2D eigenvalue weighted by Crippen LogP contribution is -2.15. The van der Waals surface area contributed by atoms with E-state index in [1.807, 2.05) is 0 Å². The highest BCUT2D eigenvalue weighted by Gasteiger charge is 2.38. The van der Waals surface area contributed by atoms with Crippen LogP contribution in [0.5, 0.6) is 0 Å². The molecule has 76 heavy (non-hydrogen) atoms. The molecule has 0 saturated carbocycles. The number of benzene rings is 11. The summed E-state index contributed by atoms with van der Waals surface area (Å²) in [5.41, 5.74) is 25.5. The van der Waals surface area contributed by atoms with Crippen LogP contribution in [0.15, 0.2) is 206 Å². The predicted molar refractivity (Wildman–Crippen MR) is 320 cm³/mol. The van der Waals surface area contributed by atoms with Crippen LogP contribution in [0, 0.1) is 0 Å². The fourth-order valence-corrected chi connectivity index (χ4v) is 15.7. The number of hydrogen-bond donors (Lipinski definition) is 0. The molecular weight excluding hydrogens is 921 g/mol. The Balaban J connectivity index is 0.970. The Hall–Kier alpha value is -9.38. The third-order valence-corrected chi connectivity index (χ3v) is 19.0. The molecule has 0 bridgehead atoms. The van der Waals surface area contributed by atoms with E-state index < -0.39 is 0 Å². The van der Waals surface area contributed by atoms with Gasteiger partial charge in [0.05, 0.1) is 55.2 Å². The summed E-state index contributed by atoms with van der Waals surface area (Å²) in [5, 5.41) is 15.5. The maximum Gasteiger partial charge on any atom is 0.0628 e. The van der Waals surface area contributed by atoms with Crippen molar-refractivity contribution in [2.45, 2.75) is 38.5 Å². The lowest BCUT2D eigenvalue weighted by atomic mass is 9.82. The molecule has 0 spiro atoms. The van der Waals surface area contributed by atoms with Crippen molar-refractivity contribution in [2.24, 2.45) is 0 Å². The molecule has 6 aromatic heterocycles. The third-order valence-electron chi connectivity index (χ3n) is 19.0. The van der Waals surface area contributed by atoms with Gasteiger partial charge in [0.1, 0.15) is 0 Å². The minimum Gasteiger partial charge on any atom is -0.309 e. The quantitative estimate of drug-likeness (QED) is 0.164. The Morgan fingerprint density at radius 3 is 1.09 bits per heavy atom. The first kappa shape index (κ1) is 40.1. The molecular formula is C72H46N4. The summed E-state index contributed by atoms with van der Waals surface area (Å²) in [6.45, 7) is 9.56. The van der Waals surface area contributed by atoms with Crippen molar-refractivity contribution in [2.75, 3.05) is 0 Å². The number of fused-ring (bicyclic) bond motifs is 26. The zero-order chi connectivity index (χ0) is 49.8. The van der Waals surface area contributed by atoms with Crippen molar-refractivity contribution in [1.29, 1.82) is 0 Å². The number of aromatic nitrogens is 4. The first-order chi connectivity index (χ1) is 37.3. The first-order valence-electron chi connectivity index (χ1n) is 26.9. The van der Waals surface area contributed by atoms with Crippen molar-refractivity contribution >= 4 is 120 Å². The van der Waals surface area contributed by atoms with Gasteiger partial charge in [-0.3, -0.25) is 0 Å². The summed E-state index contributed by atoms with van der Waals surface area (Å²) in [7, 11) is 0. The van der Waals surface area contributed by atoms with Crippen LogP contribution in [0.25, 0.3) is 153 Å². The van der Waals surface area contributed by atoms with Crippen molar-refractivity contribution in [3.8, 4) is 33.6 Å². The summed E-state index contributed by atoms with van der Waals surface area (Å²) in [5.74, 6) is 0. The van der Waals surface area contributed by atoms with Crippen LogP contribution >= 0.6 is 0 Å². The van der Waals surface area contributed by atoms with Gasteiger partial charge >= 0.3 is 0 Å². The molecule has 354 valence electrons. The summed E-state index contributed by atoms with van der Waals surface area (Å²) in [4.78, 5) is 0. The van der Waals surface area contributed by atoms with Gasteiger partial charge in [-0.25, -0.2) is 0 Å². The molecule has 2 aliphatic rings. The van der Waals surface area contributed by atoms with E-state index >= 15 is 0 Å². The monoisotopic (exact) mass is 966 g/mol. The highest BCUT2D eigenvalue weighted by Crippen LogP contribution is 2.54. The Labute approximate surface area is 436 Å². The first-order valence-corrected chi connectivity index (χ1v) is 26.9. The molecule has 0 fully saturated rings. The Morgan fingerprint density at radius 1 is 0.250 bits per heavy atom. The SMILES string of the molecule is CC1(C)c2ccccc2-c2ccc(-n3c4ccccc4c4c5c6cc7c8c9c%10ccccc%10n(-c%10ccc%11c(c%10)C(C)(C)c%10ccccc%10-%11)c9cc9c%10ccccc%10n(c7cc6n6c7ccccc7c(cc43)c56)c98)cc21. The molecule has 4 nitrogen and oxygen atoms in total. The molecule has 0 aliphatic heterocycles. The highest BCUT2D eigenvalue weighted by atomic mass is 15.0. The maximum atomic E-state index is 2.60. The molecule has 6 heterocycles. The largest absolute Gasteiger partial charge is 0.309 e. The number of rotatable bonds is 2. The van der Waals surface area contributed by atoms with E-state index in [0.29, 0.717) is 0 Å². The fourth-order valence-electron chi connectivity index (χ4n) is 15.7. The van der Waals surface area contributed by atoms with Gasteiger partial charge in [-0.2, -0.15) is 0 Å². The van der Waals surface area contributed by atoms with Crippen LogP contribution in [0.3, 0.4) is 0 Å². The zero-order valence-electron chi connectivity index (χ0n) is 42.4. The lowest BCUT2D eigenvalue weighted by Gasteiger charge is -2.22. The Bertz CT molecular complexity index is 5190. The summed E-state index contributed by atoms with van der Waals surface area (Å²) >= 11 is 0. The highest BCUT2D eigenvalue weighted by molar-refractivity contribution is 6.40. The van der Waals surface area contributed by atoms with Gasteiger partial charge < -0.3 is 17.9 Å². The molecule has 4 heteroatoms. The number of para-hydroxylation sites is 4. The lowest BCUT2D eigenvalue weighted by molar-refractivity contribution is 0.660. The standard InChI is InChI=1S/C72H46N4/c1-71(2)53-23-11-5-17-41(53)43-31-29-39(33-55(43)71)73-59-27-15-9-21-47(59)65-63(73)36-49-45-19-7-13-25-57(45)75-61-38-62-52(35-51(61)67(65)69(49)75)68-66-48-22-10-16-28-60(48)74(64(66)37-50-46-20-8-14-26-58(46)76(62)70(50)68)40-30-32-44-42-18-6-12-24-54(42)72(3,4)56(44)34-40/h5-38H,1-4H3. The summed E-state index contributed by atoms with van der Waals surface area (Å²) < 4.78 is 10.3. The summed E-state index contributed by atoms with van der Waals surface area (Å²) in [6.07, 6.45) is 0. The van der Waals surface area contributed by atoms with Crippen LogP contribution in [0.4, 0.5) is 0 Å². The topological polar surface area (TPSA) is 18.7 Å². The van der Waals surface area contributed by atoms with E-state index in [-0.39, 0.29) is 10.8 Å². The molecule has 2 aliphatic carbocycles. The Morgan fingerprint density at radius 2 is 0.632 bits per heavy atom. The molecule has 17 aromatic rings. The van der Waals surface area contributed by atoms with Crippen molar-refractivity contribution < 1.29 is 0 Å². The normalized spacial score (nSPS) is 14.8. The average Bonchev–Trinajstić information content (AvgIpc) is 4.46. The second-order valence-corrected chi connectivity index (χ2v) is 23.2. The third kappa shape index (κ3) is 4.44. The van der Waals surface area contributed by atoms with Crippen LogP contribution < -0.4 is 0 Å². The van der Waals surface area contributed by atoms with Gasteiger partial charge in [0.2, 0.25) is 0 Å². The average molecular weight is 967 g/mol. The van der Waals surface area contributed by atoms with E-state index in [0.717, 1.165) is 0 Å². The zero-order valence-corrected chi connectivity index (χ0v) is 42.4. The van der Waals surface area contributed by atoms with E-state index in [2.05, 4.69) is 252 Å². The molecule has 11 aromatic carbocycles. The molecule has 19 rings (SSSR count). The fraction of sp³-hybridized carbons (Fsp3) is 0.0833. The van der Waals surface area contributed by atoms with E-state index in [1.54, 1.807) is 0 Å². The van der Waals surface area contributed by atoms with Crippen molar-refractivity contribution in [3.05, 3.63) is 229 Å². The predicted octanol–water partition coefficient (Wildman–Crippen LogP) is 18.8. The molecule has 0 saturated heterocycles. The van der Waals surface area contributed by atoms with E-state index in [9.17, 15) is 0 Å². The van der Waals surface area contributed by atoms with Crippen molar-refractivity contribution in [3.63, 3.8) is 0 Å². The summed E-state index contributed by atoms with van der Waals surface area (Å²) in [6, 6.07) is 79.0. The van der Waals surface area contributed by atoms with Crippen LogP contribution in [-0.4, -0.2) is 17.9 Å². The molecule has 0 amide bonds. The Kier molecular flexibility index (Phi) is 6.91. The van der Waals surface area contributed by atoms with Crippen LogP contribution in [0.1, 0.15) is 49.9 Å². The van der Waals surface area contributed by atoms with Gasteiger partial charge in [-0.15, -0.1) is 0 Å². The number of hydrogen-bond acceptors (Lipinski definition) is 0. The molecule has 0 unspecified atom stereocenters. The minimum absolute atomic E-state index is 0.121. The van der Waals surface area contributed by atoms with Crippen molar-refractivity contribution in [1.82, 2.24) is 17.9 Å². The van der Waals surface area contributed by atoms with E-state index in [1.165, 1.54) is 176 Å². The van der Waals surface area contributed by atoms with Crippen LogP contribution in [0.2, 0.25) is 0 Å². The molecule has 0 N–H and O–H groups in total. The smallest absolute Gasteiger partial charge is 0.0628 e. The van der Waals surface area contributed by atoms with Gasteiger partial charge in [0.15, 0.2) is 0 Å². The minimum atomic E-state index is -0.121. The van der Waals surface area contributed by atoms with Crippen LogP contribution in [-0.2, 0) is 10.8 Å². The van der Waals surface area contributed by atoms with Gasteiger partial charge in [0.25, 0.3) is 0 Å².